The molecule has 0 radical (unpaired) electrons. The van der Waals surface area contributed by atoms with Gasteiger partial charge in [-0.3, -0.25) is 14.4 Å². The third-order valence-electron chi connectivity index (χ3n) is 6.34. The number of carbonyl (C=O) groups is 3. The number of nitrogens with one attached hydrogen (secondary N) is 3. The van der Waals surface area contributed by atoms with E-state index in [0.29, 0.717) is 33.3 Å². The van der Waals surface area contributed by atoms with Gasteiger partial charge in [0.05, 0.1) is 5.25 Å². The van der Waals surface area contributed by atoms with E-state index in [2.05, 4.69) is 22.0 Å². The van der Waals surface area contributed by atoms with Crippen LogP contribution in [-0.4, -0.2) is 23.0 Å². The van der Waals surface area contributed by atoms with E-state index in [-0.39, 0.29) is 16.9 Å². The summed E-state index contributed by atoms with van der Waals surface area (Å²) in [5.74, 6) is -1.13. The number of carbonyl (C=O) groups excluding carboxylic acids is 3. The summed E-state index contributed by atoms with van der Waals surface area (Å²) in [5, 5.41) is 8.87. The van der Waals surface area contributed by atoms with Gasteiger partial charge in [-0.2, -0.15) is 0 Å². The SMILES string of the molecule is CCC(Sc1cccc(NC(=O)/C(=C\c2c(Cl)cccc2Cl)NC(=O)c2ccccc2)c1)C(=O)Nc1cc(C)cc(C)c1. The molecule has 0 bridgehead atoms. The minimum absolute atomic E-state index is 0.0406. The first kappa shape index (κ1) is 31.9. The zero-order valence-corrected chi connectivity index (χ0v) is 26.2. The average molecular weight is 633 g/mol. The molecule has 0 saturated carbocycles. The summed E-state index contributed by atoms with van der Waals surface area (Å²) in [4.78, 5) is 40.4. The molecule has 4 rings (SSSR count). The Hall–Kier alpha value is -4.04. The van der Waals surface area contributed by atoms with E-state index in [0.717, 1.165) is 21.7 Å². The number of halogens is 2. The first-order chi connectivity index (χ1) is 20.6. The van der Waals surface area contributed by atoms with Crippen LogP contribution in [0.1, 0.15) is 40.4 Å². The van der Waals surface area contributed by atoms with E-state index in [9.17, 15) is 14.4 Å². The molecule has 43 heavy (non-hydrogen) atoms. The normalized spacial score (nSPS) is 11.9. The molecule has 0 aromatic heterocycles. The number of hydrogen-bond donors (Lipinski definition) is 3. The quantitative estimate of drug-likeness (QED) is 0.121. The van der Waals surface area contributed by atoms with Crippen LogP contribution in [0.3, 0.4) is 0 Å². The summed E-state index contributed by atoms with van der Waals surface area (Å²) >= 11 is 14.1. The molecule has 220 valence electrons. The molecule has 1 atom stereocenters. The van der Waals surface area contributed by atoms with Crippen LogP contribution in [0.15, 0.2) is 102 Å². The molecule has 0 spiro atoms. The van der Waals surface area contributed by atoms with Crippen molar-refractivity contribution < 1.29 is 14.4 Å². The van der Waals surface area contributed by atoms with Crippen LogP contribution in [-0.2, 0) is 9.59 Å². The molecule has 4 aromatic rings. The van der Waals surface area contributed by atoms with Gasteiger partial charge in [0.2, 0.25) is 5.91 Å². The predicted molar refractivity (Wildman–Crippen MR) is 178 cm³/mol. The van der Waals surface area contributed by atoms with Crippen molar-refractivity contribution in [1.82, 2.24) is 5.32 Å². The lowest BCUT2D eigenvalue weighted by atomic mass is 10.1. The number of benzene rings is 4. The van der Waals surface area contributed by atoms with E-state index >= 15 is 0 Å². The molecule has 0 aliphatic rings. The predicted octanol–water partition coefficient (Wildman–Crippen LogP) is 8.53. The molecule has 3 N–H and O–H groups in total. The molecule has 0 fully saturated rings. The van der Waals surface area contributed by atoms with Crippen LogP contribution in [0.5, 0.6) is 0 Å². The molecule has 9 heteroatoms. The number of aryl methyl sites for hydroxylation is 2. The van der Waals surface area contributed by atoms with E-state index in [1.54, 1.807) is 66.7 Å². The van der Waals surface area contributed by atoms with Crippen molar-refractivity contribution in [3.63, 3.8) is 0 Å². The van der Waals surface area contributed by atoms with Gasteiger partial charge in [0.25, 0.3) is 11.8 Å². The van der Waals surface area contributed by atoms with Gasteiger partial charge in [-0.05, 0) is 92.1 Å². The van der Waals surface area contributed by atoms with Crippen molar-refractivity contribution in [3.05, 3.63) is 129 Å². The second-order valence-corrected chi connectivity index (χ2v) is 12.0. The van der Waals surface area contributed by atoms with Crippen molar-refractivity contribution in [2.24, 2.45) is 0 Å². The summed E-state index contributed by atoms with van der Waals surface area (Å²) in [6.45, 7) is 5.94. The maximum Gasteiger partial charge on any atom is 0.272 e. The van der Waals surface area contributed by atoms with Crippen molar-refractivity contribution in [2.75, 3.05) is 10.6 Å². The summed E-state index contributed by atoms with van der Waals surface area (Å²) in [5.41, 5.74) is 4.14. The van der Waals surface area contributed by atoms with Gasteiger partial charge in [0.1, 0.15) is 5.70 Å². The molecule has 0 aliphatic carbocycles. The highest BCUT2D eigenvalue weighted by molar-refractivity contribution is 8.00. The fraction of sp³-hybridized carbons (Fsp3) is 0.147. The second kappa shape index (κ2) is 14.9. The first-order valence-corrected chi connectivity index (χ1v) is 15.3. The highest BCUT2D eigenvalue weighted by Gasteiger charge is 2.20. The number of rotatable bonds is 10. The smallest absolute Gasteiger partial charge is 0.272 e. The van der Waals surface area contributed by atoms with E-state index in [1.165, 1.54) is 17.8 Å². The maximum atomic E-state index is 13.5. The van der Waals surface area contributed by atoms with Crippen molar-refractivity contribution in [1.29, 1.82) is 0 Å². The fourth-order valence-corrected chi connectivity index (χ4v) is 5.86. The lowest BCUT2D eigenvalue weighted by Crippen LogP contribution is -2.30. The summed E-state index contributed by atoms with van der Waals surface area (Å²) < 4.78 is 0. The van der Waals surface area contributed by atoms with Crippen LogP contribution in [0.4, 0.5) is 11.4 Å². The number of hydrogen-bond acceptors (Lipinski definition) is 4. The minimum atomic E-state index is -0.568. The molecule has 1 unspecified atom stereocenters. The summed E-state index contributed by atoms with van der Waals surface area (Å²) in [6, 6.07) is 26.7. The maximum absolute atomic E-state index is 13.5. The number of thioether (sulfide) groups is 1. The van der Waals surface area contributed by atoms with Gasteiger partial charge in [0.15, 0.2) is 0 Å². The van der Waals surface area contributed by atoms with Crippen molar-refractivity contribution in [2.45, 2.75) is 37.3 Å². The monoisotopic (exact) mass is 631 g/mol. The third-order valence-corrected chi connectivity index (χ3v) is 8.36. The number of amides is 3. The Bertz CT molecular complexity index is 1630. The molecule has 3 amide bonds. The summed E-state index contributed by atoms with van der Waals surface area (Å²) in [6.07, 6.45) is 2.05. The minimum Gasteiger partial charge on any atom is -0.325 e. The highest BCUT2D eigenvalue weighted by atomic mass is 35.5. The fourth-order valence-electron chi connectivity index (χ4n) is 4.34. The van der Waals surface area contributed by atoms with Crippen LogP contribution in [0, 0.1) is 13.8 Å². The molecule has 4 aromatic carbocycles. The van der Waals surface area contributed by atoms with Crippen LogP contribution < -0.4 is 16.0 Å². The van der Waals surface area contributed by atoms with Gasteiger partial charge in [-0.25, -0.2) is 0 Å². The molecular weight excluding hydrogens is 601 g/mol. The van der Waals surface area contributed by atoms with Gasteiger partial charge >= 0.3 is 0 Å². The zero-order chi connectivity index (χ0) is 30.9. The Labute approximate surface area is 265 Å². The van der Waals surface area contributed by atoms with E-state index < -0.39 is 11.8 Å². The summed E-state index contributed by atoms with van der Waals surface area (Å²) in [7, 11) is 0. The molecule has 0 saturated heterocycles. The molecule has 6 nitrogen and oxygen atoms in total. The Morgan fingerprint density at radius 1 is 0.791 bits per heavy atom. The Morgan fingerprint density at radius 2 is 1.44 bits per heavy atom. The van der Waals surface area contributed by atoms with Crippen molar-refractivity contribution >= 4 is 70.1 Å². The Kier molecular flexibility index (Phi) is 11.1. The van der Waals surface area contributed by atoms with Crippen LogP contribution >= 0.6 is 35.0 Å². The zero-order valence-electron chi connectivity index (χ0n) is 23.9. The highest BCUT2D eigenvalue weighted by Crippen LogP contribution is 2.30. The molecular formula is C34H31Cl2N3O3S. The third kappa shape index (κ3) is 8.97. The van der Waals surface area contributed by atoms with Gasteiger partial charge in [-0.1, -0.05) is 66.5 Å². The average Bonchev–Trinajstić information content (AvgIpc) is 2.97. The Morgan fingerprint density at radius 3 is 2.09 bits per heavy atom. The van der Waals surface area contributed by atoms with Gasteiger partial charge in [-0.15, -0.1) is 11.8 Å². The standard InChI is InChI=1S/C34H31Cl2N3O3S/c1-4-31(34(42)38-25-17-21(2)16-22(3)18-25)43-26-13-8-12-24(19-26)37-33(41)30(20-27-28(35)14-9-15-29(27)36)39-32(40)23-10-6-5-7-11-23/h5-20,31H,4H2,1-3H3,(H,37,41)(H,38,42)(H,39,40)/b30-20+. The molecule has 0 heterocycles. The lowest BCUT2D eigenvalue weighted by Gasteiger charge is -2.16. The lowest BCUT2D eigenvalue weighted by molar-refractivity contribution is -0.116. The van der Waals surface area contributed by atoms with Crippen LogP contribution in [0.25, 0.3) is 6.08 Å². The molecule has 0 aliphatic heterocycles. The van der Waals surface area contributed by atoms with Crippen molar-refractivity contribution in [3.8, 4) is 0 Å². The Balaban J connectivity index is 1.53. The topological polar surface area (TPSA) is 87.3 Å². The largest absolute Gasteiger partial charge is 0.325 e. The second-order valence-electron chi connectivity index (χ2n) is 9.88. The number of anilines is 2. The first-order valence-electron chi connectivity index (χ1n) is 13.6. The van der Waals surface area contributed by atoms with Gasteiger partial charge < -0.3 is 16.0 Å². The van der Waals surface area contributed by atoms with Gasteiger partial charge in [0, 0.05) is 37.4 Å². The van der Waals surface area contributed by atoms with Crippen LogP contribution in [0.2, 0.25) is 10.0 Å². The van der Waals surface area contributed by atoms with E-state index in [4.69, 9.17) is 23.2 Å². The van der Waals surface area contributed by atoms with E-state index in [1.807, 2.05) is 39.0 Å².